The van der Waals surface area contributed by atoms with E-state index in [9.17, 15) is 0 Å². The van der Waals surface area contributed by atoms with Crippen LogP contribution < -0.4 is 18.9 Å². The summed E-state index contributed by atoms with van der Waals surface area (Å²) in [5, 5.41) is 0. The molecule has 3 aromatic heterocycles. The van der Waals surface area contributed by atoms with Gasteiger partial charge in [0.1, 0.15) is 23.0 Å². The predicted octanol–water partition coefficient (Wildman–Crippen LogP) is 11.1. The monoisotopic (exact) mass is 789 g/mol. The Morgan fingerprint density at radius 2 is 0.860 bits per heavy atom. The van der Waals surface area contributed by atoms with Gasteiger partial charge in [-0.1, -0.05) is 48.5 Å². The van der Waals surface area contributed by atoms with Crippen molar-refractivity contribution in [1.82, 2.24) is 19.9 Å². The molecule has 0 unspecified atom stereocenters. The van der Waals surface area contributed by atoms with Crippen LogP contribution in [-0.2, 0) is 17.1 Å². The summed E-state index contributed by atoms with van der Waals surface area (Å²) in [7, 11) is 6.72. The van der Waals surface area contributed by atoms with E-state index in [1.54, 1.807) is 28.4 Å². The fourth-order valence-electron chi connectivity index (χ4n) is 7.39. The molecular weight excluding hydrogens is 751 g/mol. The summed E-state index contributed by atoms with van der Waals surface area (Å²) in [4.78, 5) is 18.0. The number of ether oxygens (including phenoxy) is 4. The average Bonchev–Trinajstić information content (AvgIpc) is 4.06. The minimum atomic E-state index is 0. The predicted molar refractivity (Wildman–Crippen MR) is 226 cm³/mol. The van der Waals surface area contributed by atoms with E-state index in [1.807, 2.05) is 60.7 Å². The summed E-state index contributed by atoms with van der Waals surface area (Å²) in [6.07, 6.45) is 6.24. The van der Waals surface area contributed by atoms with Gasteiger partial charge in [0, 0.05) is 55.9 Å². The van der Waals surface area contributed by atoms with E-state index < -0.39 is 0 Å². The molecule has 8 bridgehead atoms. The molecule has 1 radical (unpaired) electrons. The Morgan fingerprint density at radius 3 is 1.37 bits per heavy atom. The Bertz CT molecular complexity index is 2820. The molecule has 7 aromatic rings. The van der Waals surface area contributed by atoms with Gasteiger partial charge in [-0.3, -0.25) is 0 Å². The number of fused-ring (bicyclic) bond motifs is 8. The normalized spacial score (nSPS) is 11.8. The van der Waals surface area contributed by atoms with Crippen molar-refractivity contribution in [2.45, 2.75) is 0 Å². The van der Waals surface area contributed by atoms with Crippen molar-refractivity contribution in [2.24, 2.45) is 0 Å². The molecule has 4 aromatic carbocycles. The molecule has 0 spiro atoms. The largest absolute Gasteiger partial charge is 0.497 e. The van der Waals surface area contributed by atoms with Crippen molar-refractivity contribution >= 4 is 45.9 Å². The van der Waals surface area contributed by atoms with Crippen LogP contribution in [0.2, 0.25) is 0 Å². The molecule has 5 heterocycles. The number of rotatable bonds is 8. The third-order valence-corrected chi connectivity index (χ3v) is 10.2. The topological polar surface area (TPSA) is 94.3 Å². The Labute approximate surface area is 341 Å². The van der Waals surface area contributed by atoms with Crippen LogP contribution in [0.4, 0.5) is 0 Å². The number of methoxy groups -OCH3 is 4. The zero-order valence-corrected chi connectivity index (χ0v) is 32.9. The van der Waals surface area contributed by atoms with Crippen molar-refractivity contribution < 1.29 is 36.0 Å². The zero-order valence-electron chi connectivity index (χ0n) is 31.8. The number of nitrogens with zero attached hydrogens (tertiary/aromatic N) is 2. The Hall–Kier alpha value is -6.80. The Morgan fingerprint density at radius 1 is 0.421 bits per heavy atom. The van der Waals surface area contributed by atoms with Gasteiger partial charge in [-0.15, -0.1) is 0 Å². The Kier molecular flexibility index (Phi) is 10.3. The van der Waals surface area contributed by atoms with Gasteiger partial charge in [-0.25, -0.2) is 9.97 Å². The van der Waals surface area contributed by atoms with Crippen LogP contribution in [0.15, 0.2) is 127 Å². The average molecular weight is 790 g/mol. The summed E-state index contributed by atoms with van der Waals surface area (Å²) in [6.45, 7) is 0. The third kappa shape index (κ3) is 7.22. The SMILES string of the molecule is COc1ccc(C2=Cc3cc4ccc(cc5nc(cc6[nH]c(c(-c7ccc(OC)cc7)c2n3)c(-c2ccc(OC)cc2)c6-c2ccc(OC)cc2)C=C5)[nH]4)cc1.[Mn]. The van der Waals surface area contributed by atoms with E-state index in [0.717, 1.165) is 112 Å². The fourth-order valence-corrected chi connectivity index (χ4v) is 7.39. The van der Waals surface area contributed by atoms with Crippen LogP contribution >= 0.6 is 0 Å². The molecule has 0 atom stereocenters. The third-order valence-electron chi connectivity index (χ3n) is 10.2. The van der Waals surface area contributed by atoms with E-state index in [4.69, 9.17) is 28.9 Å². The van der Waals surface area contributed by atoms with Crippen molar-refractivity contribution in [3.63, 3.8) is 0 Å². The molecule has 0 aliphatic carbocycles. The Balaban J connectivity index is 0.00000455. The molecule has 281 valence electrons. The summed E-state index contributed by atoms with van der Waals surface area (Å²) < 4.78 is 22.4. The minimum Gasteiger partial charge on any atom is -0.497 e. The van der Waals surface area contributed by atoms with E-state index in [0.29, 0.717) is 0 Å². The van der Waals surface area contributed by atoms with Crippen LogP contribution in [-0.4, -0.2) is 48.4 Å². The minimum absolute atomic E-state index is 0. The van der Waals surface area contributed by atoms with Crippen LogP contribution in [0.3, 0.4) is 0 Å². The molecule has 2 aliphatic heterocycles. The number of aromatic nitrogens is 4. The van der Waals surface area contributed by atoms with Crippen molar-refractivity contribution in [3.05, 3.63) is 156 Å². The second kappa shape index (κ2) is 15.7. The quantitative estimate of drug-likeness (QED) is 0.149. The smallest absolute Gasteiger partial charge is 0.118 e. The molecule has 57 heavy (non-hydrogen) atoms. The van der Waals surface area contributed by atoms with Gasteiger partial charge >= 0.3 is 0 Å². The standard InChI is InChI=1S/C48H38N4O4.Mn/c1-53-38-17-5-29(6-18-38)42-27-37-26-35-14-13-33(49-35)25-34-15-16-36(50-34)28-43-44(30-7-19-39(54-2)20-8-30)45(31-9-21-40(55-3)22-10-31)48(52-43)46(47(42)51-37)32-11-23-41(56-4)24-12-32;/h5-28,49,52H,1-4H3;. The number of benzene rings is 4. The van der Waals surface area contributed by atoms with Crippen molar-refractivity contribution in [2.75, 3.05) is 28.4 Å². The first-order chi connectivity index (χ1) is 27.5. The van der Waals surface area contributed by atoms with Crippen LogP contribution in [0.25, 0.3) is 79.2 Å². The number of H-pyrrole nitrogens is 2. The molecular formula is C48H38MnN4O4. The summed E-state index contributed by atoms with van der Waals surface area (Å²) >= 11 is 0. The molecule has 9 rings (SSSR count). The van der Waals surface area contributed by atoms with Crippen LogP contribution in [0.5, 0.6) is 23.0 Å². The van der Waals surface area contributed by atoms with Gasteiger partial charge in [0.2, 0.25) is 0 Å². The van der Waals surface area contributed by atoms with Gasteiger partial charge in [0.05, 0.1) is 56.7 Å². The number of aromatic amines is 2. The van der Waals surface area contributed by atoms with Crippen LogP contribution in [0.1, 0.15) is 28.3 Å². The van der Waals surface area contributed by atoms with E-state index >= 15 is 0 Å². The fraction of sp³-hybridized carbons (Fsp3) is 0.0833. The molecule has 2 aliphatic rings. The van der Waals surface area contributed by atoms with E-state index in [1.165, 1.54) is 0 Å². The molecule has 0 amide bonds. The number of hydrogen-bond donors (Lipinski definition) is 2. The number of nitrogens with one attached hydrogen (secondary N) is 2. The summed E-state index contributed by atoms with van der Waals surface area (Å²) in [5.41, 5.74) is 14.8. The second-order valence-corrected chi connectivity index (χ2v) is 13.5. The first kappa shape index (κ1) is 37.1. The van der Waals surface area contributed by atoms with Gasteiger partial charge in [-0.2, -0.15) is 0 Å². The van der Waals surface area contributed by atoms with Gasteiger partial charge in [0.15, 0.2) is 0 Å². The summed E-state index contributed by atoms with van der Waals surface area (Å²) in [5.74, 6) is 3.08. The molecule has 8 nitrogen and oxygen atoms in total. The van der Waals surface area contributed by atoms with E-state index in [-0.39, 0.29) is 17.1 Å². The van der Waals surface area contributed by atoms with E-state index in [2.05, 4.69) is 94.9 Å². The maximum Gasteiger partial charge on any atom is 0.118 e. The van der Waals surface area contributed by atoms with Crippen molar-refractivity contribution in [3.8, 4) is 56.4 Å². The number of hydrogen-bond acceptors (Lipinski definition) is 6. The van der Waals surface area contributed by atoms with Gasteiger partial charge in [-0.05, 0) is 119 Å². The molecule has 0 saturated heterocycles. The first-order valence-corrected chi connectivity index (χ1v) is 18.3. The van der Waals surface area contributed by atoms with Gasteiger partial charge < -0.3 is 28.9 Å². The molecule has 9 heteroatoms. The zero-order chi connectivity index (χ0) is 38.2. The first-order valence-electron chi connectivity index (χ1n) is 18.3. The maximum absolute atomic E-state index is 5.64. The van der Waals surface area contributed by atoms with Gasteiger partial charge in [0.25, 0.3) is 0 Å². The molecule has 2 N–H and O–H groups in total. The summed E-state index contributed by atoms with van der Waals surface area (Å²) in [6, 6.07) is 43.1. The second-order valence-electron chi connectivity index (χ2n) is 13.5. The molecule has 0 fully saturated rings. The van der Waals surface area contributed by atoms with Crippen molar-refractivity contribution in [1.29, 1.82) is 0 Å². The van der Waals surface area contributed by atoms with Crippen LogP contribution in [0, 0.1) is 0 Å². The maximum atomic E-state index is 5.64. The molecule has 0 saturated carbocycles.